The maximum Gasteiger partial charge on any atom is 0.251 e. The highest BCUT2D eigenvalue weighted by Gasteiger charge is 2.10. The molecule has 0 saturated carbocycles. The summed E-state index contributed by atoms with van der Waals surface area (Å²) in [6, 6.07) is 16.6. The van der Waals surface area contributed by atoms with Crippen LogP contribution >= 0.6 is 0 Å². The highest BCUT2D eigenvalue weighted by Crippen LogP contribution is 2.08. The first-order chi connectivity index (χ1) is 13.6. The molecule has 142 valence electrons. The summed E-state index contributed by atoms with van der Waals surface area (Å²) in [5.41, 5.74) is 2.26. The van der Waals surface area contributed by atoms with Gasteiger partial charge in [-0.3, -0.25) is 14.6 Å². The van der Waals surface area contributed by atoms with Gasteiger partial charge in [0.1, 0.15) is 5.82 Å². The van der Waals surface area contributed by atoms with E-state index >= 15 is 0 Å². The molecule has 0 radical (unpaired) electrons. The minimum atomic E-state index is -0.305. The molecule has 0 bridgehead atoms. The third kappa shape index (κ3) is 5.23. The Morgan fingerprint density at radius 2 is 1.54 bits per heavy atom. The first-order valence-electron chi connectivity index (χ1n) is 8.92. The summed E-state index contributed by atoms with van der Waals surface area (Å²) in [5.74, 6) is -0.859. The van der Waals surface area contributed by atoms with E-state index in [0.29, 0.717) is 36.2 Å². The Kier molecular flexibility index (Phi) is 6.46. The van der Waals surface area contributed by atoms with Crippen LogP contribution in [0.1, 0.15) is 31.8 Å². The Morgan fingerprint density at radius 1 is 0.857 bits per heavy atom. The van der Waals surface area contributed by atoms with Crippen molar-refractivity contribution in [3.63, 3.8) is 0 Å². The smallest absolute Gasteiger partial charge is 0.251 e. The molecule has 0 atom stereocenters. The Morgan fingerprint density at radius 3 is 2.25 bits per heavy atom. The average Bonchev–Trinajstić information content (AvgIpc) is 2.74. The van der Waals surface area contributed by atoms with E-state index in [2.05, 4.69) is 15.6 Å². The number of halogens is 1. The molecule has 0 aliphatic heterocycles. The average molecular weight is 377 g/mol. The highest BCUT2D eigenvalue weighted by molar-refractivity contribution is 5.99. The molecule has 2 aromatic carbocycles. The standard InChI is InChI=1S/C22H20FN3O2/c23-20-7-2-1-4-17(20)10-13-25-21(27)18-5-3-6-19(14-18)22(28)26-15-16-8-11-24-12-9-16/h1-9,11-12,14H,10,13,15H2,(H,25,27)(H,26,28). The lowest BCUT2D eigenvalue weighted by Crippen LogP contribution is -2.27. The molecule has 3 rings (SSSR count). The van der Waals surface area contributed by atoms with Gasteiger partial charge in [0.2, 0.25) is 0 Å². The van der Waals surface area contributed by atoms with Crippen molar-refractivity contribution in [2.45, 2.75) is 13.0 Å². The molecule has 0 saturated heterocycles. The van der Waals surface area contributed by atoms with Gasteiger partial charge in [-0.15, -0.1) is 0 Å². The molecule has 1 aromatic heterocycles. The molecule has 0 fully saturated rings. The predicted molar refractivity (Wildman–Crippen MR) is 104 cm³/mol. The van der Waals surface area contributed by atoms with E-state index in [9.17, 15) is 14.0 Å². The Balaban J connectivity index is 1.55. The summed E-state index contributed by atoms with van der Waals surface area (Å²) < 4.78 is 13.6. The van der Waals surface area contributed by atoms with Gasteiger partial charge in [0.15, 0.2) is 0 Å². The Bertz CT molecular complexity index is 961. The van der Waals surface area contributed by atoms with Gasteiger partial charge in [-0.2, -0.15) is 0 Å². The number of hydrogen-bond donors (Lipinski definition) is 2. The molecule has 0 spiro atoms. The number of aromatic nitrogens is 1. The summed E-state index contributed by atoms with van der Waals surface area (Å²) in [4.78, 5) is 28.6. The lowest BCUT2D eigenvalue weighted by Gasteiger charge is -2.08. The van der Waals surface area contributed by atoms with Crippen molar-refractivity contribution >= 4 is 11.8 Å². The van der Waals surface area contributed by atoms with Crippen LogP contribution < -0.4 is 10.6 Å². The summed E-state index contributed by atoms with van der Waals surface area (Å²) in [6.45, 7) is 0.679. The van der Waals surface area contributed by atoms with Crippen LogP contribution in [0.2, 0.25) is 0 Å². The third-order valence-corrected chi connectivity index (χ3v) is 4.23. The molecule has 5 nitrogen and oxygen atoms in total. The minimum absolute atomic E-state index is 0.266. The van der Waals surface area contributed by atoms with E-state index < -0.39 is 0 Å². The summed E-state index contributed by atoms with van der Waals surface area (Å²) in [6.07, 6.45) is 3.71. The molecule has 2 amide bonds. The first kappa shape index (κ1) is 19.2. The summed E-state index contributed by atoms with van der Waals surface area (Å²) in [5, 5.41) is 5.57. The van der Waals surface area contributed by atoms with Gasteiger partial charge in [0.25, 0.3) is 11.8 Å². The van der Waals surface area contributed by atoms with Gasteiger partial charge < -0.3 is 10.6 Å². The SMILES string of the molecule is O=C(NCCc1ccccc1F)c1cccc(C(=O)NCc2ccncc2)c1. The van der Waals surface area contributed by atoms with Crippen LogP contribution in [0.4, 0.5) is 4.39 Å². The topological polar surface area (TPSA) is 71.1 Å². The van der Waals surface area contributed by atoms with Crippen LogP contribution in [-0.4, -0.2) is 23.3 Å². The number of carbonyl (C=O) groups excluding carboxylic acids is 2. The second-order valence-corrected chi connectivity index (χ2v) is 6.22. The van der Waals surface area contributed by atoms with Crippen LogP contribution in [0.5, 0.6) is 0 Å². The van der Waals surface area contributed by atoms with Gasteiger partial charge in [-0.1, -0.05) is 24.3 Å². The van der Waals surface area contributed by atoms with Crippen LogP contribution in [0.25, 0.3) is 0 Å². The second-order valence-electron chi connectivity index (χ2n) is 6.22. The van der Waals surface area contributed by atoms with E-state index in [0.717, 1.165) is 5.56 Å². The van der Waals surface area contributed by atoms with Crippen LogP contribution in [-0.2, 0) is 13.0 Å². The summed E-state index contributed by atoms with van der Waals surface area (Å²) >= 11 is 0. The van der Waals surface area contributed by atoms with Crippen molar-refractivity contribution in [3.05, 3.63) is 101 Å². The maximum absolute atomic E-state index is 13.6. The normalized spacial score (nSPS) is 10.3. The van der Waals surface area contributed by atoms with Gasteiger partial charge in [0.05, 0.1) is 0 Å². The van der Waals surface area contributed by atoms with Gasteiger partial charge >= 0.3 is 0 Å². The van der Waals surface area contributed by atoms with Crippen LogP contribution in [0.3, 0.4) is 0 Å². The van der Waals surface area contributed by atoms with E-state index in [1.54, 1.807) is 54.9 Å². The zero-order valence-corrected chi connectivity index (χ0v) is 15.2. The zero-order chi connectivity index (χ0) is 19.8. The number of carbonyl (C=O) groups is 2. The Hall–Kier alpha value is -3.54. The fourth-order valence-electron chi connectivity index (χ4n) is 2.70. The molecule has 2 N–H and O–H groups in total. The summed E-state index contributed by atoms with van der Waals surface area (Å²) in [7, 11) is 0. The second kappa shape index (κ2) is 9.41. The van der Waals surface area contributed by atoms with Crippen molar-refractivity contribution in [2.75, 3.05) is 6.54 Å². The van der Waals surface area contributed by atoms with E-state index in [-0.39, 0.29) is 17.6 Å². The molecule has 6 heteroatoms. The molecule has 28 heavy (non-hydrogen) atoms. The van der Waals surface area contributed by atoms with Gasteiger partial charge in [-0.05, 0) is 53.9 Å². The zero-order valence-electron chi connectivity index (χ0n) is 15.2. The third-order valence-electron chi connectivity index (χ3n) is 4.23. The molecule has 3 aromatic rings. The van der Waals surface area contributed by atoms with E-state index in [1.165, 1.54) is 6.07 Å². The van der Waals surface area contributed by atoms with Crippen molar-refractivity contribution in [2.24, 2.45) is 0 Å². The molecule has 0 unspecified atom stereocenters. The number of hydrogen-bond acceptors (Lipinski definition) is 3. The molecular formula is C22H20FN3O2. The number of nitrogens with zero attached hydrogens (tertiary/aromatic N) is 1. The number of benzene rings is 2. The van der Waals surface area contributed by atoms with E-state index in [4.69, 9.17) is 0 Å². The molecule has 1 heterocycles. The lowest BCUT2D eigenvalue weighted by molar-refractivity contribution is 0.0950. The molecule has 0 aliphatic carbocycles. The maximum atomic E-state index is 13.6. The monoisotopic (exact) mass is 377 g/mol. The lowest BCUT2D eigenvalue weighted by atomic mass is 10.1. The number of pyridine rings is 1. The number of amides is 2. The van der Waals surface area contributed by atoms with Crippen molar-refractivity contribution in [1.82, 2.24) is 15.6 Å². The number of rotatable bonds is 7. The fraction of sp³-hybridized carbons (Fsp3) is 0.136. The van der Waals surface area contributed by atoms with Gasteiger partial charge in [-0.25, -0.2) is 4.39 Å². The van der Waals surface area contributed by atoms with E-state index in [1.807, 2.05) is 12.1 Å². The largest absolute Gasteiger partial charge is 0.352 e. The van der Waals surface area contributed by atoms with Crippen molar-refractivity contribution in [3.8, 4) is 0 Å². The van der Waals surface area contributed by atoms with Crippen LogP contribution in [0, 0.1) is 5.82 Å². The minimum Gasteiger partial charge on any atom is -0.352 e. The molecule has 0 aliphatic rings. The highest BCUT2D eigenvalue weighted by atomic mass is 19.1. The quantitative estimate of drug-likeness (QED) is 0.665. The molecular weight excluding hydrogens is 357 g/mol. The number of nitrogens with one attached hydrogen (secondary N) is 2. The predicted octanol–water partition coefficient (Wildman–Crippen LogP) is 3.12. The van der Waals surface area contributed by atoms with Crippen LogP contribution in [0.15, 0.2) is 73.1 Å². The van der Waals surface area contributed by atoms with Crippen molar-refractivity contribution in [1.29, 1.82) is 0 Å². The van der Waals surface area contributed by atoms with Gasteiger partial charge in [0, 0.05) is 36.6 Å². The Labute approximate surface area is 162 Å². The fourth-order valence-corrected chi connectivity index (χ4v) is 2.70. The first-order valence-corrected chi connectivity index (χ1v) is 8.92. The van der Waals surface area contributed by atoms with Crippen molar-refractivity contribution < 1.29 is 14.0 Å².